The Kier molecular flexibility index (Phi) is 7.50. The van der Waals surface area contributed by atoms with Gasteiger partial charge in [0.15, 0.2) is 0 Å². The number of hydrogen-bond acceptors (Lipinski definition) is 0. The van der Waals surface area contributed by atoms with Gasteiger partial charge >= 0.3 is 40.5 Å². The van der Waals surface area contributed by atoms with Gasteiger partial charge in [0.1, 0.15) is 11.6 Å². The van der Waals surface area contributed by atoms with Gasteiger partial charge in [0.25, 0.3) is 0 Å². The van der Waals surface area contributed by atoms with E-state index in [0.717, 1.165) is 0 Å². The Morgan fingerprint density at radius 1 is 1.17 bits per heavy atom. The molecule has 5 heteroatoms. The molecule has 0 heterocycles. The third-order valence-electron chi connectivity index (χ3n) is 1.20. The second-order valence-corrected chi connectivity index (χ2v) is 16.0. The minimum atomic E-state index is -0.491. The van der Waals surface area contributed by atoms with Gasteiger partial charge in [-0.3, -0.25) is 0 Å². The number of rotatable bonds is 0. The van der Waals surface area contributed by atoms with E-state index in [0.29, 0.717) is 0 Å². The molecule has 0 saturated heterocycles. The van der Waals surface area contributed by atoms with Crippen LogP contribution in [0, 0.1) is 18.6 Å². The number of hydrogen-bond donors (Lipinski definition) is 0. The summed E-state index contributed by atoms with van der Waals surface area (Å²) in [7, 11) is 0. The molecule has 0 unspecified atom stereocenters. The first-order chi connectivity index (χ1) is 5.63. The number of halogens is 4. The van der Waals surface area contributed by atoms with Gasteiger partial charge in [0, 0.05) is 5.56 Å². The maximum absolute atomic E-state index is 12.3. The molecule has 1 aromatic carbocycles. The van der Waals surface area contributed by atoms with Crippen LogP contribution < -0.4 is 0 Å². The van der Waals surface area contributed by atoms with Gasteiger partial charge < -0.3 is 0 Å². The van der Waals surface area contributed by atoms with E-state index >= 15 is 0 Å². The molecule has 0 nitrogen and oxygen atoms in total. The van der Waals surface area contributed by atoms with E-state index in [4.69, 9.17) is 0 Å². The number of benzene rings is 1. The molecule has 0 amide bonds. The second-order valence-electron chi connectivity index (χ2n) is 1.95. The zero-order valence-electron chi connectivity index (χ0n) is 6.45. The molecule has 1 rings (SSSR count). The Labute approximate surface area is 91.0 Å². The van der Waals surface area contributed by atoms with Crippen LogP contribution in [0.25, 0.3) is 0 Å². The van der Waals surface area contributed by atoms with Gasteiger partial charge in [0.2, 0.25) is 0 Å². The average molecular weight is 353 g/mol. The summed E-state index contributed by atoms with van der Waals surface area (Å²) in [4.78, 5) is 0. The first kappa shape index (κ1) is 12.7. The van der Waals surface area contributed by atoms with E-state index in [1.54, 1.807) is 0 Å². The molecule has 1 aromatic rings. The van der Waals surface area contributed by atoms with Crippen LogP contribution in [-0.4, -0.2) is 0 Å². The molecule has 0 aliphatic heterocycles. The summed E-state index contributed by atoms with van der Waals surface area (Å²) in [5.41, 5.74) is 0.0810. The Morgan fingerprint density at radius 3 is 1.75 bits per heavy atom. The Balaban J connectivity index is 0.000000354. The van der Waals surface area contributed by atoms with Crippen LogP contribution in [0.15, 0.2) is 18.2 Å². The van der Waals surface area contributed by atoms with Crippen molar-refractivity contribution in [3.05, 3.63) is 35.4 Å². The molecular formula is C7H6Br2F2Zn. The van der Waals surface area contributed by atoms with Gasteiger partial charge in [-0.1, -0.05) is 6.07 Å². The van der Waals surface area contributed by atoms with Crippen molar-refractivity contribution in [1.82, 2.24) is 0 Å². The fourth-order valence-electron chi connectivity index (χ4n) is 0.581. The van der Waals surface area contributed by atoms with Crippen molar-refractivity contribution in [3.63, 3.8) is 0 Å². The maximum atomic E-state index is 12.3. The Morgan fingerprint density at radius 2 is 1.50 bits per heavy atom. The minimum absolute atomic E-state index is 0.0810. The molecule has 0 atom stereocenters. The van der Waals surface area contributed by atoms with Crippen LogP contribution >= 0.6 is 27.2 Å². The second kappa shape index (κ2) is 7.10. The van der Waals surface area contributed by atoms with Crippen molar-refractivity contribution in [2.45, 2.75) is 6.92 Å². The molecule has 0 spiro atoms. The fourth-order valence-corrected chi connectivity index (χ4v) is 0.581. The summed E-state index contributed by atoms with van der Waals surface area (Å²) < 4.78 is 24.7. The predicted octanol–water partition coefficient (Wildman–Crippen LogP) is 3.96. The predicted molar refractivity (Wildman–Crippen MR) is 48.9 cm³/mol. The zero-order valence-corrected chi connectivity index (χ0v) is 12.6. The molecule has 0 N–H and O–H groups in total. The van der Waals surface area contributed by atoms with E-state index < -0.39 is 11.6 Å². The summed E-state index contributed by atoms with van der Waals surface area (Å²) in [6.45, 7) is 1.41. The molecule has 0 radical (unpaired) electrons. The fraction of sp³-hybridized carbons (Fsp3) is 0.143. The Bertz CT molecular complexity index is 223. The van der Waals surface area contributed by atoms with Crippen LogP contribution in [0.3, 0.4) is 0 Å². The van der Waals surface area contributed by atoms with E-state index in [-0.39, 0.29) is 18.8 Å². The molecule has 0 bridgehead atoms. The van der Waals surface area contributed by atoms with Gasteiger partial charge in [0.05, 0.1) is 0 Å². The monoisotopic (exact) mass is 350 g/mol. The van der Waals surface area contributed by atoms with E-state index in [1.165, 1.54) is 25.1 Å². The Hall–Kier alpha value is 0.663. The van der Waals surface area contributed by atoms with Crippen LogP contribution in [0.2, 0.25) is 0 Å². The molecule has 0 fully saturated rings. The van der Waals surface area contributed by atoms with Gasteiger partial charge in [-0.2, -0.15) is 0 Å². The first-order valence-electron chi connectivity index (χ1n) is 3.16. The molecule has 0 aliphatic carbocycles. The third kappa shape index (κ3) is 4.63. The van der Waals surface area contributed by atoms with E-state index in [2.05, 4.69) is 27.2 Å². The first-order valence-corrected chi connectivity index (χ1v) is 17.1. The van der Waals surface area contributed by atoms with Crippen molar-refractivity contribution < 1.29 is 22.0 Å². The van der Waals surface area contributed by atoms with Crippen molar-refractivity contribution in [2.75, 3.05) is 0 Å². The van der Waals surface area contributed by atoms with Crippen LogP contribution in [0.1, 0.15) is 5.56 Å². The molecule has 0 aliphatic rings. The third-order valence-corrected chi connectivity index (χ3v) is 1.20. The van der Waals surface area contributed by atoms with Crippen LogP contribution in [-0.2, 0) is 13.2 Å². The summed E-state index contributed by atoms with van der Waals surface area (Å²) >= 11 is 6.25. The molecule has 0 aromatic heterocycles. The van der Waals surface area contributed by atoms with E-state index in [9.17, 15) is 8.78 Å². The van der Waals surface area contributed by atoms with Crippen molar-refractivity contribution in [1.29, 1.82) is 0 Å². The zero-order chi connectivity index (χ0) is 9.56. The van der Waals surface area contributed by atoms with E-state index in [1.807, 2.05) is 0 Å². The van der Waals surface area contributed by atoms with Crippen LogP contribution in [0.5, 0.6) is 0 Å². The topological polar surface area (TPSA) is 0 Å². The SMILES string of the molecule is Cc1c(F)cccc1F.[Br][Zn][Br]. The molecule has 64 valence electrons. The quantitative estimate of drug-likeness (QED) is 0.620. The van der Waals surface area contributed by atoms with Gasteiger partial charge in [-0.05, 0) is 19.1 Å². The van der Waals surface area contributed by atoms with Crippen molar-refractivity contribution in [3.8, 4) is 0 Å². The standard InChI is InChI=1S/C7H6F2.2BrH.Zn/c1-5-6(8)3-2-4-7(5)9;;;/h2-4H,1H3;2*1H;/q;;;+2/p-2. The molecule has 12 heavy (non-hydrogen) atoms. The van der Waals surface area contributed by atoms with Crippen molar-refractivity contribution >= 4 is 27.2 Å². The van der Waals surface area contributed by atoms with Crippen molar-refractivity contribution in [2.24, 2.45) is 0 Å². The molecule has 0 saturated carbocycles. The average Bonchev–Trinajstić information content (AvgIpc) is 2.02. The van der Waals surface area contributed by atoms with Gasteiger partial charge in [-0.15, -0.1) is 0 Å². The summed E-state index contributed by atoms with van der Waals surface area (Å²) in [6.07, 6.45) is 0. The van der Waals surface area contributed by atoms with Crippen LogP contribution in [0.4, 0.5) is 8.78 Å². The summed E-state index contributed by atoms with van der Waals surface area (Å²) in [5, 5.41) is 0. The summed E-state index contributed by atoms with van der Waals surface area (Å²) in [5.74, 6) is -0.981. The van der Waals surface area contributed by atoms with Gasteiger partial charge in [-0.25, -0.2) is 8.78 Å². The molecular weight excluding hydrogens is 347 g/mol. The normalized spacial score (nSPS) is 8.08. The summed E-state index contributed by atoms with van der Waals surface area (Å²) in [6, 6.07) is 3.81.